The van der Waals surface area contributed by atoms with Crippen LogP contribution in [0.5, 0.6) is 11.5 Å². The number of nitrogens with two attached hydrogens (primary N) is 1. The topological polar surface area (TPSA) is 170 Å². The number of fused-ring (bicyclic) bond motifs is 2. The lowest BCUT2D eigenvalue weighted by atomic mass is 9.85. The van der Waals surface area contributed by atoms with Crippen molar-refractivity contribution in [2.24, 2.45) is 11.7 Å². The molecule has 312 valence electrons. The molecule has 4 aliphatic heterocycles. The zero-order valence-electron chi connectivity index (χ0n) is 33.1. The Balaban J connectivity index is 0.932. The molecule has 4 aliphatic rings. The van der Waals surface area contributed by atoms with Gasteiger partial charge in [0.05, 0.1) is 23.3 Å². The van der Waals surface area contributed by atoms with E-state index in [9.17, 15) is 24.0 Å². The number of halogens is 2. The summed E-state index contributed by atoms with van der Waals surface area (Å²) in [5.41, 5.74) is 8.11. The van der Waals surface area contributed by atoms with E-state index in [4.69, 9.17) is 31.5 Å². The summed E-state index contributed by atoms with van der Waals surface area (Å²) >= 11 is 6.85. The molecule has 0 saturated carbocycles. The maximum Gasteiger partial charge on any atom is 0.262 e. The number of benzene rings is 4. The van der Waals surface area contributed by atoms with Crippen LogP contribution in [0.4, 0.5) is 10.1 Å². The van der Waals surface area contributed by atoms with Crippen LogP contribution in [0.1, 0.15) is 74.3 Å². The first-order chi connectivity index (χ1) is 29.0. The number of anilines is 1. The third kappa shape index (κ3) is 7.70. The van der Waals surface area contributed by atoms with Gasteiger partial charge in [-0.3, -0.25) is 34.2 Å². The molecule has 2 saturated heterocycles. The predicted octanol–water partition coefficient (Wildman–Crippen LogP) is 5.40. The number of ether oxygens (including phenoxy) is 3. The first-order valence-corrected chi connectivity index (χ1v) is 20.5. The van der Waals surface area contributed by atoms with Crippen molar-refractivity contribution in [1.82, 2.24) is 15.5 Å². The normalized spacial score (nSPS) is 20.2. The molecule has 1 unspecified atom stereocenters. The summed E-state index contributed by atoms with van der Waals surface area (Å²) in [5.74, 6) is -2.75. The third-order valence-electron chi connectivity index (χ3n) is 12.0. The lowest BCUT2D eigenvalue weighted by Crippen LogP contribution is -2.54. The maximum absolute atomic E-state index is 16.4. The summed E-state index contributed by atoms with van der Waals surface area (Å²) in [6.45, 7) is 3.01. The molecule has 2 atom stereocenters. The predicted molar refractivity (Wildman–Crippen MR) is 221 cm³/mol. The van der Waals surface area contributed by atoms with E-state index < -0.39 is 47.0 Å². The van der Waals surface area contributed by atoms with Crippen molar-refractivity contribution in [3.8, 4) is 22.6 Å². The van der Waals surface area contributed by atoms with E-state index in [0.29, 0.717) is 42.3 Å². The van der Waals surface area contributed by atoms with E-state index in [1.165, 1.54) is 19.2 Å². The monoisotopic (exact) mass is 837 g/mol. The van der Waals surface area contributed by atoms with Crippen LogP contribution in [-0.4, -0.2) is 87.0 Å². The molecule has 0 aliphatic carbocycles. The second kappa shape index (κ2) is 17.0. The highest BCUT2D eigenvalue weighted by Gasteiger charge is 2.46. The number of rotatable bonds is 14. The SMILES string of the molecule is COCCOc1ccc(C(N)=O)c(-c2c(Cl)ccc3c2C[C@@](CNCCC2CCN(c4ccc5c(c4)C(=O)N(C4CCC(=O)NC4=O)C5=O)CC2)(c2ccccc2)O3)c1F. The van der Waals surface area contributed by atoms with Gasteiger partial charge in [0.1, 0.15) is 18.4 Å². The minimum Gasteiger partial charge on any atom is -0.488 e. The van der Waals surface area contributed by atoms with Gasteiger partial charge < -0.3 is 30.2 Å². The van der Waals surface area contributed by atoms with Crippen LogP contribution in [0.3, 0.4) is 0 Å². The summed E-state index contributed by atoms with van der Waals surface area (Å²) < 4.78 is 33.9. The number of imide groups is 2. The van der Waals surface area contributed by atoms with E-state index in [0.717, 1.165) is 48.5 Å². The van der Waals surface area contributed by atoms with Gasteiger partial charge in [0, 0.05) is 67.0 Å². The lowest BCUT2D eigenvalue weighted by molar-refractivity contribution is -0.136. The van der Waals surface area contributed by atoms with Gasteiger partial charge in [-0.05, 0) is 86.2 Å². The smallest absolute Gasteiger partial charge is 0.262 e. The van der Waals surface area contributed by atoms with Gasteiger partial charge in [-0.1, -0.05) is 41.9 Å². The molecule has 13 nitrogen and oxygen atoms in total. The Morgan fingerprint density at radius 1 is 0.967 bits per heavy atom. The quantitative estimate of drug-likeness (QED) is 0.111. The van der Waals surface area contributed by atoms with E-state index in [1.54, 1.807) is 24.3 Å². The number of nitrogens with zero attached hydrogens (tertiary/aromatic N) is 2. The van der Waals surface area contributed by atoms with Crippen LogP contribution < -0.4 is 30.7 Å². The average Bonchev–Trinajstić information content (AvgIpc) is 3.75. The Bertz CT molecular complexity index is 2370. The minimum atomic E-state index is -1.01. The molecule has 2 fully saturated rings. The second-order valence-corrected chi connectivity index (χ2v) is 16.0. The summed E-state index contributed by atoms with van der Waals surface area (Å²) in [6.07, 6.45) is 3.26. The lowest BCUT2D eigenvalue weighted by Gasteiger charge is -2.34. The van der Waals surface area contributed by atoms with Gasteiger partial charge in [0.2, 0.25) is 17.7 Å². The van der Waals surface area contributed by atoms with Gasteiger partial charge in [-0.15, -0.1) is 0 Å². The van der Waals surface area contributed by atoms with Crippen molar-refractivity contribution >= 4 is 46.8 Å². The zero-order chi connectivity index (χ0) is 42.1. The molecule has 4 heterocycles. The standard InChI is InChI=1S/C45H45ClFN5O8/c1-58-21-22-59-36-12-9-30(41(48)54)39(40(36)47)38-32-24-45(27-5-3-2-4-6-27,60-35(32)13-10-33(38)46)25-49-18-15-26-16-19-51(20-17-26)28-7-8-29-31(23-28)44(57)52(43(29)56)34-11-14-37(53)50-42(34)55/h2-10,12-13,23,26,34,49H,11,14-22,24-25H2,1H3,(H2,48,54)(H,50,53,55)/t34?,45-/m1/s1. The van der Waals surface area contributed by atoms with Gasteiger partial charge >= 0.3 is 0 Å². The van der Waals surface area contributed by atoms with Crippen LogP contribution in [0, 0.1) is 11.7 Å². The summed E-state index contributed by atoms with van der Waals surface area (Å²) in [6, 6.07) is 20.3. The number of nitrogens with one attached hydrogen (secondary N) is 2. The number of hydrogen-bond acceptors (Lipinski definition) is 10. The molecular weight excluding hydrogens is 793 g/mol. The number of carbonyl (C=O) groups excluding carboxylic acids is 5. The molecule has 0 aromatic heterocycles. The Kier molecular flexibility index (Phi) is 11.6. The fourth-order valence-electron chi connectivity index (χ4n) is 8.86. The highest BCUT2D eigenvalue weighted by Crippen LogP contribution is 2.50. The molecule has 4 aromatic rings. The maximum atomic E-state index is 16.4. The van der Waals surface area contributed by atoms with E-state index >= 15 is 4.39 Å². The third-order valence-corrected chi connectivity index (χ3v) is 12.3. The zero-order valence-corrected chi connectivity index (χ0v) is 33.8. The fraction of sp³-hybridized carbons (Fsp3) is 0.356. The average molecular weight is 838 g/mol. The van der Waals surface area contributed by atoms with Crippen molar-refractivity contribution in [3.63, 3.8) is 0 Å². The number of carbonyl (C=O) groups is 5. The van der Waals surface area contributed by atoms with E-state index in [1.807, 2.05) is 36.4 Å². The Morgan fingerprint density at radius 3 is 2.47 bits per heavy atom. The molecule has 15 heteroatoms. The fourth-order valence-corrected chi connectivity index (χ4v) is 9.13. The molecule has 0 radical (unpaired) electrons. The van der Waals surface area contributed by atoms with Crippen molar-refractivity contribution < 1.29 is 42.6 Å². The second-order valence-electron chi connectivity index (χ2n) is 15.6. The highest BCUT2D eigenvalue weighted by molar-refractivity contribution is 6.34. The first kappa shape index (κ1) is 40.9. The van der Waals surface area contributed by atoms with Gasteiger partial charge in [-0.25, -0.2) is 4.39 Å². The molecule has 60 heavy (non-hydrogen) atoms. The van der Waals surface area contributed by atoms with Crippen LogP contribution in [0.25, 0.3) is 11.1 Å². The summed E-state index contributed by atoms with van der Waals surface area (Å²) in [7, 11) is 1.52. The van der Waals surface area contributed by atoms with E-state index in [-0.39, 0.29) is 59.1 Å². The van der Waals surface area contributed by atoms with Crippen LogP contribution in [0.15, 0.2) is 72.8 Å². The van der Waals surface area contributed by atoms with Gasteiger partial charge in [0.15, 0.2) is 17.2 Å². The molecule has 4 N–H and O–H groups in total. The minimum absolute atomic E-state index is 0.0283. The molecule has 0 spiro atoms. The number of hydrogen-bond donors (Lipinski definition) is 3. The van der Waals surface area contributed by atoms with Gasteiger partial charge in [-0.2, -0.15) is 0 Å². The van der Waals surface area contributed by atoms with Gasteiger partial charge in [0.25, 0.3) is 11.8 Å². The molecule has 4 aromatic carbocycles. The van der Waals surface area contributed by atoms with Crippen LogP contribution in [0.2, 0.25) is 5.02 Å². The molecule has 0 bridgehead atoms. The van der Waals surface area contributed by atoms with Crippen LogP contribution >= 0.6 is 11.6 Å². The number of methoxy groups -OCH3 is 1. The number of amides is 5. The Hall–Kier alpha value is -5.83. The van der Waals surface area contributed by atoms with Crippen LogP contribution in [-0.2, 0) is 26.3 Å². The van der Waals surface area contributed by atoms with Crippen molar-refractivity contribution in [1.29, 1.82) is 0 Å². The van der Waals surface area contributed by atoms with E-state index in [2.05, 4.69) is 15.5 Å². The number of primary amides is 1. The molecule has 5 amide bonds. The molecular formula is C45H45ClFN5O8. The Morgan fingerprint density at radius 2 is 1.73 bits per heavy atom. The highest BCUT2D eigenvalue weighted by atomic mass is 35.5. The summed E-state index contributed by atoms with van der Waals surface area (Å²) in [4.78, 5) is 66.6. The largest absolute Gasteiger partial charge is 0.488 e. The van der Waals surface area contributed by atoms with Crippen molar-refractivity contribution in [2.75, 3.05) is 51.4 Å². The van der Waals surface area contributed by atoms with Crippen molar-refractivity contribution in [3.05, 3.63) is 111 Å². The first-order valence-electron chi connectivity index (χ1n) is 20.1. The summed E-state index contributed by atoms with van der Waals surface area (Å²) in [5, 5.41) is 6.12. The Labute approximate surface area is 351 Å². The number of piperidine rings is 2. The van der Waals surface area contributed by atoms with Crippen molar-refractivity contribution in [2.45, 2.75) is 50.2 Å². The molecule has 8 rings (SSSR count).